The number of nitrogens with zero attached hydrogens (tertiary/aromatic N) is 1. The zero-order chi connectivity index (χ0) is 26.9. The zero-order valence-electron chi connectivity index (χ0n) is 21.0. The van der Waals surface area contributed by atoms with E-state index in [4.69, 9.17) is 0 Å². The van der Waals surface area contributed by atoms with E-state index in [9.17, 15) is 27.6 Å². The normalized spacial score (nSPS) is 20.6. The third-order valence-electron chi connectivity index (χ3n) is 6.92. The van der Waals surface area contributed by atoms with E-state index in [0.29, 0.717) is 35.6 Å². The molecule has 2 heterocycles. The molecule has 37 heavy (non-hydrogen) atoms. The van der Waals surface area contributed by atoms with Gasteiger partial charge >= 0.3 is 6.18 Å². The van der Waals surface area contributed by atoms with Gasteiger partial charge in [0.25, 0.3) is 5.91 Å². The molecule has 3 unspecified atom stereocenters. The van der Waals surface area contributed by atoms with E-state index >= 15 is 0 Å². The van der Waals surface area contributed by atoms with Gasteiger partial charge in [-0.05, 0) is 67.6 Å². The predicted molar refractivity (Wildman–Crippen MR) is 134 cm³/mol. The lowest BCUT2D eigenvalue weighted by Crippen LogP contribution is -2.56. The van der Waals surface area contributed by atoms with Gasteiger partial charge in [0.2, 0.25) is 11.8 Å². The summed E-state index contributed by atoms with van der Waals surface area (Å²) in [5, 5.41) is 8.84. The first-order valence-electron chi connectivity index (χ1n) is 12.4. The van der Waals surface area contributed by atoms with Crippen LogP contribution < -0.4 is 16.0 Å². The van der Waals surface area contributed by atoms with Crippen molar-refractivity contribution < 1.29 is 27.6 Å². The minimum absolute atomic E-state index is 0.135. The number of halogens is 3. The van der Waals surface area contributed by atoms with Crippen LogP contribution in [0.5, 0.6) is 0 Å². The summed E-state index contributed by atoms with van der Waals surface area (Å²) in [7, 11) is 1.73. The molecule has 1 saturated heterocycles. The lowest BCUT2D eigenvalue weighted by molar-refractivity contribution is -0.137. The molecule has 3 N–H and O–H groups in total. The fraction of sp³-hybridized carbons (Fsp3) is 0.444. The van der Waals surface area contributed by atoms with Crippen LogP contribution in [0.2, 0.25) is 0 Å². The highest BCUT2D eigenvalue weighted by molar-refractivity contribution is 6.10. The van der Waals surface area contributed by atoms with E-state index in [1.54, 1.807) is 25.2 Å². The highest BCUT2D eigenvalue weighted by Gasteiger charge is 2.40. The van der Waals surface area contributed by atoms with Crippen molar-refractivity contribution in [3.63, 3.8) is 0 Å². The number of carbonyl (C=O) groups is 3. The molecule has 0 aromatic heterocycles. The number of piperidine rings is 1. The molecule has 0 radical (unpaired) electrons. The fourth-order valence-electron chi connectivity index (χ4n) is 4.97. The molecule has 0 spiro atoms. The van der Waals surface area contributed by atoms with Crippen molar-refractivity contribution in [2.45, 2.75) is 57.4 Å². The Morgan fingerprint density at radius 3 is 2.54 bits per heavy atom. The number of fused-ring (bicyclic) bond motifs is 2. The average molecular weight is 517 g/mol. The molecular weight excluding hydrogens is 485 g/mol. The van der Waals surface area contributed by atoms with Crippen LogP contribution in [0.25, 0.3) is 11.1 Å². The van der Waals surface area contributed by atoms with E-state index in [0.717, 1.165) is 12.1 Å². The Morgan fingerprint density at radius 1 is 1.14 bits per heavy atom. The van der Waals surface area contributed by atoms with Crippen molar-refractivity contribution >= 4 is 23.4 Å². The highest BCUT2D eigenvalue weighted by Crippen LogP contribution is 2.35. The summed E-state index contributed by atoms with van der Waals surface area (Å²) in [5.41, 5.74) is 0.516. The van der Waals surface area contributed by atoms with Crippen molar-refractivity contribution in [3.05, 3.63) is 53.6 Å². The number of amides is 3. The molecule has 2 aliphatic heterocycles. The molecule has 2 aliphatic rings. The van der Waals surface area contributed by atoms with E-state index < -0.39 is 17.8 Å². The Kier molecular flexibility index (Phi) is 7.59. The summed E-state index contributed by atoms with van der Waals surface area (Å²) in [6, 6.07) is 8.17. The number of hydrogen-bond acceptors (Lipinski definition) is 4. The molecule has 4 rings (SSSR count). The second-order valence-electron chi connectivity index (χ2n) is 10.0. The van der Waals surface area contributed by atoms with Gasteiger partial charge in [0.15, 0.2) is 0 Å². The third kappa shape index (κ3) is 5.79. The Bertz CT molecular complexity index is 1200. The first-order chi connectivity index (χ1) is 17.5. The van der Waals surface area contributed by atoms with E-state index in [2.05, 4.69) is 16.0 Å². The minimum Gasteiger partial charge on any atom is -0.352 e. The third-order valence-corrected chi connectivity index (χ3v) is 6.92. The molecule has 3 amide bonds. The smallest absolute Gasteiger partial charge is 0.352 e. The number of benzene rings is 2. The predicted octanol–water partition coefficient (Wildman–Crippen LogP) is 4.05. The number of alkyl halides is 3. The van der Waals surface area contributed by atoms with Crippen molar-refractivity contribution in [2.24, 2.45) is 5.92 Å². The molecule has 3 atom stereocenters. The summed E-state index contributed by atoms with van der Waals surface area (Å²) in [6.45, 7) is 4.34. The molecule has 0 bridgehead atoms. The number of hydrogen-bond donors (Lipinski definition) is 3. The number of anilines is 1. The number of nitrogens with one attached hydrogen (secondary N) is 3. The van der Waals surface area contributed by atoms with E-state index in [-0.39, 0.29) is 48.3 Å². The molecule has 1 fully saturated rings. The number of rotatable bonds is 6. The Balaban J connectivity index is 1.54. The van der Waals surface area contributed by atoms with Gasteiger partial charge < -0.3 is 20.9 Å². The molecule has 10 heteroatoms. The summed E-state index contributed by atoms with van der Waals surface area (Å²) < 4.78 is 39.6. The number of carbonyl (C=O) groups excluding carboxylic acids is 3. The lowest BCUT2D eigenvalue weighted by atomic mass is 9.95. The minimum atomic E-state index is -4.49. The fourth-order valence-corrected chi connectivity index (χ4v) is 4.97. The topological polar surface area (TPSA) is 90.5 Å². The molecule has 198 valence electrons. The summed E-state index contributed by atoms with van der Waals surface area (Å²) in [5.74, 6) is -0.534. The molecule has 0 aliphatic carbocycles. The summed E-state index contributed by atoms with van der Waals surface area (Å²) in [4.78, 5) is 40.8. The van der Waals surface area contributed by atoms with Gasteiger partial charge in [-0.1, -0.05) is 32.0 Å². The van der Waals surface area contributed by atoms with Crippen molar-refractivity contribution in [2.75, 3.05) is 18.9 Å². The van der Waals surface area contributed by atoms with E-state index in [1.807, 2.05) is 13.8 Å². The first kappa shape index (κ1) is 26.7. The Morgan fingerprint density at radius 2 is 1.86 bits per heavy atom. The first-order valence-corrected chi connectivity index (χ1v) is 12.4. The quantitative estimate of drug-likeness (QED) is 0.541. The van der Waals surface area contributed by atoms with Gasteiger partial charge in [-0.25, -0.2) is 0 Å². The van der Waals surface area contributed by atoms with Crippen molar-refractivity contribution in [1.29, 1.82) is 0 Å². The van der Waals surface area contributed by atoms with Crippen LogP contribution in [0.15, 0.2) is 42.5 Å². The second-order valence-corrected chi connectivity index (χ2v) is 10.0. The number of likely N-dealkylation sites (N-methyl/N-ethyl adjacent to an activating group) is 1. The van der Waals surface area contributed by atoms with Gasteiger partial charge in [-0.2, -0.15) is 13.2 Å². The van der Waals surface area contributed by atoms with Gasteiger partial charge in [-0.15, -0.1) is 0 Å². The maximum absolute atomic E-state index is 13.5. The van der Waals surface area contributed by atoms with Gasteiger partial charge in [0, 0.05) is 12.6 Å². The molecule has 2 aromatic rings. The Hall–Kier alpha value is -3.40. The lowest BCUT2D eigenvalue weighted by Gasteiger charge is -2.37. The van der Waals surface area contributed by atoms with Crippen molar-refractivity contribution in [1.82, 2.24) is 15.5 Å². The van der Waals surface area contributed by atoms with E-state index in [1.165, 1.54) is 17.0 Å². The Labute approximate surface area is 213 Å². The summed E-state index contributed by atoms with van der Waals surface area (Å²) in [6.07, 6.45) is -3.05. The highest BCUT2D eigenvalue weighted by atomic mass is 19.4. The van der Waals surface area contributed by atoms with Gasteiger partial charge in [-0.3, -0.25) is 14.4 Å². The van der Waals surface area contributed by atoms with Crippen LogP contribution in [-0.4, -0.2) is 54.3 Å². The van der Waals surface area contributed by atoms with Crippen LogP contribution in [0.3, 0.4) is 0 Å². The van der Waals surface area contributed by atoms with Crippen LogP contribution in [-0.2, 0) is 15.8 Å². The monoisotopic (exact) mass is 516 g/mol. The van der Waals surface area contributed by atoms with Gasteiger partial charge in [0.1, 0.15) is 6.04 Å². The molecule has 2 aromatic carbocycles. The second kappa shape index (κ2) is 10.5. The molecule has 0 saturated carbocycles. The maximum atomic E-state index is 13.5. The van der Waals surface area contributed by atoms with Crippen LogP contribution >= 0.6 is 0 Å². The van der Waals surface area contributed by atoms with Crippen LogP contribution in [0.4, 0.5) is 18.9 Å². The van der Waals surface area contributed by atoms with Crippen LogP contribution in [0.1, 0.15) is 49.0 Å². The maximum Gasteiger partial charge on any atom is 0.416 e. The van der Waals surface area contributed by atoms with Crippen LogP contribution in [0, 0.1) is 5.92 Å². The molecule has 7 nitrogen and oxygen atoms in total. The SMILES string of the molecule is CNC(CC(C)C)C(=O)NC1CCN2C(=O)c3cc(-c4cccc(C(F)(F)F)c4)ccc3NC(=O)C2C1. The molecular formula is C27H31F3N4O3. The van der Waals surface area contributed by atoms with Crippen molar-refractivity contribution in [3.8, 4) is 11.1 Å². The van der Waals surface area contributed by atoms with Gasteiger partial charge in [0.05, 0.1) is 22.9 Å². The largest absolute Gasteiger partial charge is 0.416 e. The zero-order valence-corrected chi connectivity index (χ0v) is 21.0. The summed E-state index contributed by atoms with van der Waals surface area (Å²) >= 11 is 0. The average Bonchev–Trinajstić information content (AvgIpc) is 2.95. The standard InChI is InChI=1S/C27H31F3N4O3/c1-15(2)11-22(31-3)24(35)32-19-9-10-34-23(14-19)25(36)33-21-8-7-17(13-20(21)26(34)37)16-5-4-6-18(12-16)27(28,29)30/h4-8,12-13,15,19,22-23,31H,9-11,14H2,1-3H3,(H,32,35)(H,33,36).